The highest BCUT2D eigenvalue weighted by Crippen LogP contribution is 2.09. The fraction of sp³-hybridized carbons (Fsp3) is 0.600. The van der Waals surface area contributed by atoms with E-state index < -0.39 is 26.2 Å². The van der Waals surface area contributed by atoms with E-state index in [-0.39, 0.29) is 6.04 Å². The van der Waals surface area contributed by atoms with Crippen LogP contribution in [-0.4, -0.2) is 37.5 Å². The van der Waals surface area contributed by atoms with Gasteiger partial charge in [0, 0.05) is 12.2 Å². The number of aromatic nitrogens is 2. The molecule has 9 heteroatoms. The predicted octanol–water partition coefficient (Wildman–Crippen LogP) is -1.52. The summed E-state index contributed by atoms with van der Waals surface area (Å²) in [6.45, 7) is 1.59. The highest BCUT2D eigenvalue weighted by Gasteiger charge is 2.23. The van der Waals surface area contributed by atoms with Gasteiger partial charge >= 0.3 is 5.69 Å². The Morgan fingerprint density at radius 2 is 2.00 bits per heavy atom. The molecule has 19 heavy (non-hydrogen) atoms. The Balaban J connectivity index is 2.22. The summed E-state index contributed by atoms with van der Waals surface area (Å²) in [6.07, 6.45) is 3.17. The van der Waals surface area contributed by atoms with Crippen LogP contribution < -0.4 is 21.3 Å². The molecule has 1 unspecified atom stereocenters. The van der Waals surface area contributed by atoms with Gasteiger partial charge in [0.25, 0.3) is 5.56 Å². The van der Waals surface area contributed by atoms with Gasteiger partial charge in [0.1, 0.15) is 0 Å². The van der Waals surface area contributed by atoms with Crippen molar-refractivity contribution >= 4 is 10.0 Å². The monoisotopic (exact) mass is 288 g/mol. The number of nitrogens with one attached hydrogen (secondary N) is 4. The first-order valence-corrected chi connectivity index (χ1v) is 7.52. The maximum atomic E-state index is 12.1. The number of aromatic amines is 2. The molecule has 1 saturated heterocycles. The Morgan fingerprint density at radius 1 is 1.21 bits per heavy atom. The molecule has 0 aliphatic carbocycles. The zero-order chi connectivity index (χ0) is 13.9. The zero-order valence-electron chi connectivity index (χ0n) is 10.2. The molecule has 1 aromatic heterocycles. The van der Waals surface area contributed by atoms with Crippen molar-refractivity contribution in [2.45, 2.75) is 30.2 Å². The summed E-state index contributed by atoms with van der Waals surface area (Å²) in [5, 5.41) is 3.17. The summed E-state index contributed by atoms with van der Waals surface area (Å²) >= 11 is 0. The van der Waals surface area contributed by atoms with Crippen LogP contribution in [0.4, 0.5) is 0 Å². The summed E-state index contributed by atoms with van der Waals surface area (Å²) < 4.78 is 26.6. The minimum Gasteiger partial charge on any atom is -0.317 e. The first kappa shape index (κ1) is 14.0. The molecular formula is C10H16N4O4S. The van der Waals surface area contributed by atoms with Crippen molar-refractivity contribution in [3.63, 3.8) is 0 Å². The van der Waals surface area contributed by atoms with Crippen molar-refractivity contribution in [1.29, 1.82) is 0 Å². The van der Waals surface area contributed by atoms with Gasteiger partial charge in [-0.15, -0.1) is 0 Å². The van der Waals surface area contributed by atoms with Crippen molar-refractivity contribution in [1.82, 2.24) is 20.0 Å². The summed E-state index contributed by atoms with van der Waals surface area (Å²) in [5.74, 6) is 0. The molecule has 1 aliphatic rings. The van der Waals surface area contributed by atoms with Gasteiger partial charge in [-0.05, 0) is 32.4 Å². The largest absolute Gasteiger partial charge is 0.325 e. The van der Waals surface area contributed by atoms with E-state index in [2.05, 4.69) is 15.0 Å². The first-order valence-electron chi connectivity index (χ1n) is 6.04. The van der Waals surface area contributed by atoms with Gasteiger partial charge in [-0.3, -0.25) is 9.78 Å². The van der Waals surface area contributed by atoms with E-state index in [4.69, 9.17) is 0 Å². The molecule has 0 aromatic carbocycles. The molecule has 0 radical (unpaired) electrons. The average Bonchev–Trinajstić information content (AvgIpc) is 2.56. The second-order valence-corrected chi connectivity index (χ2v) is 6.12. The molecule has 1 aromatic rings. The van der Waals surface area contributed by atoms with Crippen LogP contribution in [0.2, 0.25) is 0 Å². The third kappa shape index (κ3) is 3.52. The zero-order valence-corrected chi connectivity index (χ0v) is 11.0. The molecule has 8 nitrogen and oxygen atoms in total. The molecule has 1 aliphatic heterocycles. The number of sulfonamides is 1. The summed E-state index contributed by atoms with van der Waals surface area (Å²) in [6, 6.07) is -0.202. The highest BCUT2D eigenvalue weighted by atomic mass is 32.2. The van der Waals surface area contributed by atoms with Crippen LogP contribution in [-0.2, 0) is 10.0 Å². The maximum absolute atomic E-state index is 12.1. The fourth-order valence-electron chi connectivity index (χ4n) is 2.02. The lowest BCUT2D eigenvalue weighted by atomic mass is 10.1. The normalized spacial score (nSPS) is 20.9. The Morgan fingerprint density at radius 3 is 2.74 bits per heavy atom. The Hall–Kier alpha value is -1.45. The molecule has 0 amide bonds. The SMILES string of the molecule is O=c1[nH]cc(S(=O)(=O)NC2CCCNCC2)c(=O)[nH]1. The van der Waals surface area contributed by atoms with Gasteiger partial charge in [0.15, 0.2) is 4.90 Å². The average molecular weight is 288 g/mol. The number of hydrogen-bond donors (Lipinski definition) is 4. The first-order chi connectivity index (χ1) is 8.99. The summed E-state index contributed by atoms with van der Waals surface area (Å²) in [4.78, 5) is 25.9. The smallest absolute Gasteiger partial charge is 0.317 e. The summed E-state index contributed by atoms with van der Waals surface area (Å²) in [7, 11) is -3.92. The quantitative estimate of drug-likeness (QED) is 0.538. The molecule has 1 atom stereocenters. The minimum atomic E-state index is -3.92. The Kier molecular flexibility index (Phi) is 4.17. The van der Waals surface area contributed by atoms with Gasteiger partial charge in [0.05, 0.1) is 0 Å². The molecule has 0 spiro atoms. The second-order valence-electron chi connectivity index (χ2n) is 4.44. The Labute approximate surface area is 109 Å². The van der Waals surface area contributed by atoms with E-state index >= 15 is 0 Å². The van der Waals surface area contributed by atoms with Gasteiger partial charge in [-0.1, -0.05) is 0 Å². The van der Waals surface area contributed by atoms with Crippen molar-refractivity contribution in [2.75, 3.05) is 13.1 Å². The molecule has 2 rings (SSSR count). The predicted molar refractivity (Wildman–Crippen MR) is 68.5 cm³/mol. The van der Waals surface area contributed by atoms with Crippen LogP contribution in [0.5, 0.6) is 0 Å². The van der Waals surface area contributed by atoms with Crippen LogP contribution in [0.3, 0.4) is 0 Å². The van der Waals surface area contributed by atoms with E-state index in [9.17, 15) is 18.0 Å². The third-order valence-corrected chi connectivity index (χ3v) is 4.50. The molecule has 106 valence electrons. The Bertz CT molecular complexity index is 640. The topological polar surface area (TPSA) is 124 Å². The van der Waals surface area contributed by atoms with Crippen LogP contribution >= 0.6 is 0 Å². The van der Waals surface area contributed by atoms with Gasteiger partial charge in [0.2, 0.25) is 10.0 Å². The van der Waals surface area contributed by atoms with E-state index in [1.54, 1.807) is 0 Å². The maximum Gasteiger partial charge on any atom is 0.325 e. The van der Waals surface area contributed by atoms with Crippen LogP contribution in [0, 0.1) is 0 Å². The lowest BCUT2D eigenvalue weighted by Gasteiger charge is -2.15. The van der Waals surface area contributed by atoms with Crippen molar-refractivity contribution in [2.24, 2.45) is 0 Å². The van der Waals surface area contributed by atoms with Crippen LogP contribution in [0.25, 0.3) is 0 Å². The molecule has 2 heterocycles. The lowest BCUT2D eigenvalue weighted by molar-refractivity contribution is 0.517. The van der Waals surface area contributed by atoms with E-state index in [0.29, 0.717) is 12.8 Å². The van der Waals surface area contributed by atoms with Crippen LogP contribution in [0.1, 0.15) is 19.3 Å². The standard InChI is InChI=1S/C10H16N4O4S/c15-9-8(6-12-10(16)13-9)19(17,18)14-7-2-1-4-11-5-3-7/h6-7,11,14H,1-5H2,(H2,12,13,15,16). The van der Waals surface area contributed by atoms with E-state index in [1.807, 2.05) is 4.98 Å². The van der Waals surface area contributed by atoms with Gasteiger partial charge < -0.3 is 10.3 Å². The number of H-pyrrole nitrogens is 2. The van der Waals surface area contributed by atoms with Crippen molar-refractivity contribution in [3.8, 4) is 0 Å². The lowest BCUT2D eigenvalue weighted by Crippen LogP contribution is -2.39. The minimum absolute atomic E-state index is 0.202. The number of hydrogen-bond acceptors (Lipinski definition) is 5. The number of rotatable bonds is 3. The second kappa shape index (κ2) is 5.68. The molecule has 1 fully saturated rings. The molecule has 0 bridgehead atoms. The van der Waals surface area contributed by atoms with Crippen molar-refractivity contribution in [3.05, 3.63) is 27.0 Å². The van der Waals surface area contributed by atoms with Crippen LogP contribution in [0.15, 0.2) is 20.7 Å². The van der Waals surface area contributed by atoms with Gasteiger partial charge in [-0.2, -0.15) is 0 Å². The summed E-state index contributed by atoms with van der Waals surface area (Å²) in [5.41, 5.74) is -1.65. The fourth-order valence-corrected chi connectivity index (χ4v) is 3.33. The third-order valence-electron chi connectivity index (χ3n) is 2.97. The van der Waals surface area contributed by atoms with E-state index in [0.717, 1.165) is 25.7 Å². The molecule has 4 N–H and O–H groups in total. The van der Waals surface area contributed by atoms with Crippen molar-refractivity contribution < 1.29 is 8.42 Å². The molecular weight excluding hydrogens is 272 g/mol. The van der Waals surface area contributed by atoms with Gasteiger partial charge in [-0.25, -0.2) is 17.9 Å². The molecule has 0 saturated carbocycles. The van der Waals surface area contributed by atoms with E-state index in [1.165, 1.54) is 0 Å². The highest BCUT2D eigenvalue weighted by molar-refractivity contribution is 7.89.